The van der Waals surface area contributed by atoms with E-state index in [0.29, 0.717) is 11.3 Å². The van der Waals surface area contributed by atoms with Crippen molar-refractivity contribution in [2.45, 2.75) is 18.4 Å². The van der Waals surface area contributed by atoms with Crippen molar-refractivity contribution in [1.82, 2.24) is 5.32 Å². The number of methoxy groups -OCH3 is 1. The van der Waals surface area contributed by atoms with Crippen molar-refractivity contribution in [3.05, 3.63) is 102 Å². The Labute approximate surface area is 219 Å². The Morgan fingerprint density at radius 3 is 2.08 bits per heavy atom. The van der Waals surface area contributed by atoms with Gasteiger partial charge in [0.05, 0.1) is 7.11 Å². The smallest absolute Gasteiger partial charge is 0.407 e. The minimum absolute atomic E-state index is 0.110. The number of hydrogen-bond donors (Lipinski definition) is 3. The molecular formula is C29H26N2O7. The lowest BCUT2D eigenvalue weighted by molar-refractivity contribution is -0.143. The third kappa shape index (κ3) is 6.25. The van der Waals surface area contributed by atoms with E-state index in [1.807, 2.05) is 48.5 Å². The van der Waals surface area contributed by atoms with Gasteiger partial charge in [-0.3, -0.25) is 4.79 Å². The molecule has 2 amide bonds. The first-order valence-electron chi connectivity index (χ1n) is 11.9. The van der Waals surface area contributed by atoms with Crippen LogP contribution in [0.15, 0.2) is 84.9 Å². The Hall–Kier alpha value is -4.92. The summed E-state index contributed by atoms with van der Waals surface area (Å²) in [5.41, 5.74) is 5.52. The molecule has 3 N–H and O–H groups in total. The van der Waals surface area contributed by atoms with Gasteiger partial charge in [-0.15, -0.1) is 0 Å². The second kappa shape index (κ2) is 11.9. The van der Waals surface area contributed by atoms with E-state index in [1.54, 1.807) is 24.3 Å². The predicted octanol–water partition coefficient (Wildman–Crippen LogP) is 3.89. The normalized spacial score (nSPS) is 12.8. The molecule has 0 aromatic heterocycles. The number of carbonyl (C=O) groups is 4. The Morgan fingerprint density at radius 2 is 1.50 bits per heavy atom. The van der Waals surface area contributed by atoms with Crippen molar-refractivity contribution in [1.29, 1.82) is 0 Å². The highest BCUT2D eigenvalue weighted by molar-refractivity contribution is 6.02. The van der Waals surface area contributed by atoms with Crippen molar-refractivity contribution < 1.29 is 33.8 Å². The number of esters is 1. The number of ether oxygens (including phenoxy) is 2. The summed E-state index contributed by atoms with van der Waals surface area (Å²) in [6, 6.07) is 21.5. The van der Waals surface area contributed by atoms with Gasteiger partial charge in [0.25, 0.3) is 0 Å². The highest BCUT2D eigenvalue weighted by Crippen LogP contribution is 2.44. The van der Waals surface area contributed by atoms with E-state index in [-0.39, 0.29) is 18.9 Å². The summed E-state index contributed by atoms with van der Waals surface area (Å²) in [6.07, 6.45) is 1.03. The molecule has 9 nitrogen and oxygen atoms in total. The number of rotatable bonds is 9. The average Bonchev–Trinajstić information content (AvgIpc) is 3.24. The number of carboxylic acids is 1. The molecule has 0 fully saturated rings. The fourth-order valence-electron chi connectivity index (χ4n) is 4.41. The summed E-state index contributed by atoms with van der Waals surface area (Å²) < 4.78 is 10.4. The van der Waals surface area contributed by atoms with Gasteiger partial charge < -0.3 is 25.2 Å². The summed E-state index contributed by atoms with van der Waals surface area (Å²) in [6.45, 7) is 0.110. The lowest BCUT2D eigenvalue weighted by Crippen LogP contribution is -2.43. The van der Waals surface area contributed by atoms with Gasteiger partial charge in [-0.25, -0.2) is 14.4 Å². The van der Waals surface area contributed by atoms with Crippen LogP contribution in [0.5, 0.6) is 0 Å². The fraction of sp³-hybridized carbons (Fsp3) is 0.172. The largest absolute Gasteiger partial charge is 0.478 e. The van der Waals surface area contributed by atoms with Crippen LogP contribution in [0.4, 0.5) is 10.5 Å². The molecule has 4 rings (SSSR count). The zero-order valence-corrected chi connectivity index (χ0v) is 20.5. The Balaban J connectivity index is 1.37. The van der Waals surface area contributed by atoms with Crippen LogP contribution in [0, 0.1) is 0 Å². The van der Waals surface area contributed by atoms with Gasteiger partial charge in [-0.05, 0) is 39.9 Å². The van der Waals surface area contributed by atoms with Crippen LogP contribution in [0.1, 0.15) is 22.6 Å². The van der Waals surface area contributed by atoms with Crippen molar-refractivity contribution in [2.24, 2.45) is 0 Å². The molecule has 1 atom stereocenters. The van der Waals surface area contributed by atoms with Crippen molar-refractivity contribution in [2.75, 3.05) is 19.0 Å². The molecule has 0 heterocycles. The molecule has 9 heteroatoms. The number of amides is 2. The van der Waals surface area contributed by atoms with Gasteiger partial charge >= 0.3 is 18.0 Å². The highest BCUT2D eigenvalue weighted by atomic mass is 16.6. The van der Waals surface area contributed by atoms with E-state index in [0.717, 1.165) is 34.4 Å². The van der Waals surface area contributed by atoms with Crippen LogP contribution in [0.2, 0.25) is 0 Å². The first kappa shape index (κ1) is 26.2. The summed E-state index contributed by atoms with van der Waals surface area (Å²) in [5, 5.41) is 13.7. The van der Waals surface area contributed by atoms with Crippen LogP contribution in [0.3, 0.4) is 0 Å². The predicted molar refractivity (Wildman–Crippen MR) is 140 cm³/mol. The molecule has 1 aliphatic carbocycles. The molecule has 1 unspecified atom stereocenters. The van der Waals surface area contributed by atoms with Crippen LogP contribution >= 0.6 is 0 Å². The van der Waals surface area contributed by atoms with Gasteiger partial charge in [0.2, 0.25) is 5.91 Å². The Kier molecular flexibility index (Phi) is 8.17. The standard InChI is InChI=1S/C29H26N2O7/c1-37-28(35)25(16-18-10-12-19(13-11-18)30-26(32)14-15-27(33)34)31-29(36)38-17-24-22-8-4-2-6-20(22)21-7-3-5-9-23(21)24/h2-15,24-25H,16-17H2,1H3,(H,30,32)(H,31,36)(H,33,34). The number of hydrogen-bond acceptors (Lipinski definition) is 6. The van der Waals surface area contributed by atoms with Gasteiger partial charge in [-0.1, -0.05) is 60.7 Å². The van der Waals surface area contributed by atoms with Gasteiger partial charge in [-0.2, -0.15) is 0 Å². The quantitative estimate of drug-likeness (QED) is 0.292. The minimum Gasteiger partial charge on any atom is -0.478 e. The molecule has 0 saturated carbocycles. The number of aliphatic carboxylic acids is 1. The lowest BCUT2D eigenvalue weighted by atomic mass is 9.98. The Morgan fingerprint density at radius 1 is 0.895 bits per heavy atom. The minimum atomic E-state index is -1.23. The van der Waals surface area contributed by atoms with E-state index in [1.165, 1.54) is 7.11 Å². The number of alkyl carbamates (subject to hydrolysis) is 1. The van der Waals surface area contributed by atoms with Crippen LogP contribution in [0.25, 0.3) is 11.1 Å². The number of carbonyl (C=O) groups excluding carboxylic acids is 3. The molecule has 0 radical (unpaired) electrons. The van der Waals surface area contributed by atoms with Gasteiger partial charge in [0.15, 0.2) is 0 Å². The molecule has 0 spiro atoms. The molecule has 194 valence electrons. The maximum Gasteiger partial charge on any atom is 0.407 e. The maximum absolute atomic E-state index is 12.7. The topological polar surface area (TPSA) is 131 Å². The number of benzene rings is 3. The van der Waals surface area contributed by atoms with Crippen LogP contribution in [-0.2, 0) is 30.3 Å². The highest BCUT2D eigenvalue weighted by Gasteiger charge is 2.30. The third-order valence-electron chi connectivity index (χ3n) is 6.16. The van der Waals surface area contributed by atoms with Gasteiger partial charge in [0, 0.05) is 30.2 Å². The fourth-order valence-corrected chi connectivity index (χ4v) is 4.41. The SMILES string of the molecule is COC(=O)C(Cc1ccc(NC(=O)C=CC(=O)O)cc1)NC(=O)OCC1c2ccccc2-c2ccccc21. The van der Waals surface area contributed by atoms with Gasteiger partial charge in [0.1, 0.15) is 12.6 Å². The molecule has 1 aliphatic rings. The number of anilines is 1. The third-order valence-corrected chi connectivity index (χ3v) is 6.16. The van der Waals surface area contributed by atoms with E-state index in [9.17, 15) is 19.2 Å². The first-order chi connectivity index (χ1) is 18.4. The second-order valence-electron chi connectivity index (χ2n) is 8.61. The van der Waals surface area contributed by atoms with E-state index >= 15 is 0 Å². The molecule has 3 aromatic carbocycles. The molecule has 0 saturated heterocycles. The summed E-state index contributed by atoms with van der Waals surface area (Å²) in [4.78, 5) is 47.3. The van der Waals surface area contributed by atoms with E-state index < -0.39 is 30.0 Å². The zero-order valence-electron chi connectivity index (χ0n) is 20.5. The lowest BCUT2D eigenvalue weighted by Gasteiger charge is -2.19. The van der Waals surface area contributed by atoms with E-state index in [4.69, 9.17) is 14.6 Å². The molecule has 0 aliphatic heterocycles. The summed E-state index contributed by atoms with van der Waals surface area (Å²) in [5.74, 6) is -2.56. The van der Waals surface area contributed by atoms with Crippen molar-refractivity contribution in [3.8, 4) is 11.1 Å². The molecule has 0 bridgehead atoms. The van der Waals surface area contributed by atoms with Crippen LogP contribution < -0.4 is 10.6 Å². The first-order valence-corrected chi connectivity index (χ1v) is 11.9. The van der Waals surface area contributed by atoms with Crippen molar-refractivity contribution in [3.63, 3.8) is 0 Å². The molecule has 38 heavy (non-hydrogen) atoms. The number of nitrogens with one attached hydrogen (secondary N) is 2. The monoisotopic (exact) mass is 514 g/mol. The molecule has 3 aromatic rings. The number of fused-ring (bicyclic) bond motifs is 3. The second-order valence-corrected chi connectivity index (χ2v) is 8.61. The maximum atomic E-state index is 12.7. The summed E-state index contributed by atoms with van der Waals surface area (Å²) in [7, 11) is 1.23. The van der Waals surface area contributed by atoms with E-state index in [2.05, 4.69) is 10.6 Å². The van der Waals surface area contributed by atoms with Crippen LogP contribution in [-0.4, -0.2) is 48.8 Å². The Bertz CT molecular complexity index is 1340. The summed E-state index contributed by atoms with van der Waals surface area (Å²) >= 11 is 0. The number of carboxylic acid groups (broad SMARTS) is 1. The average molecular weight is 515 g/mol. The molecular weight excluding hydrogens is 488 g/mol. The van der Waals surface area contributed by atoms with Crippen molar-refractivity contribution >= 4 is 29.6 Å². The zero-order chi connectivity index (χ0) is 27.1.